The first-order valence-electron chi connectivity index (χ1n) is 2.73. The van der Waals surface area contributed by atoms with Gasteiger partial charge < -0.3 is 21.4 Å². The average molecular weight is 194 g/mol. The lowest BCUT2D eigenvalue weighted by molar-refractivity contribution is 0.823. The van der Waals surface area contributed by atoms with E-state index in [0.717, 1.165) is 11.4 Å². The summed E-state index contributed by atoms with van der Waals surface area (Å²) in [4.78, 5) is 6.91. The zero-order chi connectivity index (χ0) is 6.85. The summed E-state index contributed by atoms with van der Waals surface area (Å²) >= 11 is 4.82. The number of H-pyrrole nitrogens is 1. The van der Waals surface area contributed by atoms with Crippen molar-refractivity contribution in [2.45, 2.75) is 13.8 Å². The van der Waals surface area contributed by atoms with Gasteiger partial charge in [0.05, 0.1) is 0 Å². The minimum atomic E-state index is 0. The molecule has 0 saturated heterocycles. The lowest BCUT2D eigenvalue weighted by atomic mass is 10.4. The van der Waals surface area contributed by atoms with Gasteiger partial charge in [0.25, 0.3) is 0 Å². The maximum atomic E-state index is 4.82. The predicted molar refractivity (Wildman–Crippen MR) is 49.7 cm³/mol. The fraction of sp³-hybridized carbons (Fsp3) is 0.333. The molecule has 6 heteroatoms. The zero-order valence-electron chi connectivity index (χ0n) is 6.93. The first-order valence-corrected chi connectivity index (χ1v) is 3.14. The van der Waals surface area contributed by atoms with E-state index in [4.69, 9.17) is 12.2 Å². The molecule has 0 atom stereocenters. The fourth-order valence-corrected chi connectivity index (χ4v) is 1.04. The number of aryl methyl sites for hydroxylation is 2. The number of hydrogen-bond acceptors (Lipinski definition) is 2. The van der Waals surface area contributed by atoms with Crippen LogP contribution in [0.2, 0.25) is 0 Å². The molecule has 7 N–H and O–H groups in total. The van der Waals surface area contributed by atoms with Crippen molar-refractivity contribution in [3.05, 3.63) is 22.2 Å². The minimum Gasteiger partial charge on any atom is -0.412 e. The number of nitrogens with zero attached hydrogens (tertiary/aromatic N) is 1. The van der Waals surface area contributed by atoms with Gasteiger partial charge in [0, 0.05) is 11.4 Å². The molecule has 72 valence electrons. The number of hydrogen-bond donors (Lipinski definition) is 1. The van der Waals surface area contributed by atoms with Crippen molar-refractivity contribution in [2.75, 3.05) is 0 Å². The van der Waals surface area contributed by atoms with Gasteiger partial charge in [-0.3, -0.25) is 0 Å². The Morgan fingerprint density at radius 3 is 2.08 bits per heavy atom. The van der Waals surface area contributed by atoms with Crippen LogP contribution in [0.15, 0.2) is 6.07 Å². The highest BCUT2D eigenvalue weighted by Crippen LogP contribution is 1.93. The Kier molecular flexibility index (Phi) is 9.90. The topological polar surface area (TPSA) is 123 Å². The molecule has 0 spiro atoms. The van der Waals surface area contributed by atoms with Gasteiger partial charge in [-0.05, 0) is 32.1 Å². The van der Waals surface area contributed by atoms with Crippen LogP contribution in [0.1, 0.15) is 11.4 Å². The van der Waals surface area contributed by atoms with E-state index in [-0.39, 0.29) is 16.4 Å². The van der Waals surface area contributed by atoms with Crippen LogP contribution in [0.4, 0.5) is 0 Å². The summed E-state index contributed by atoms with van der Waals surface area (Å²) in [5, 5.41) is 0. The van der Waals surface area contributed by atoms with Crippen LogP contribution >= 0.6 is 12.2 Å². The Hall–Kier alpha value is -0.820. The normalized spacial score (nSPS) is 7.17. The standard InChI is InChI=1S/C6H8N2S.3H2O/c1-4-3-5(2)8-6(9)7-4;;;/h3H,1-2H3,(H,7,8,9);3*1H2. The second-order valence-corrected chi connectivity index (χ2v) is 2.40. The van der Waals surface area contributed by atoms with Crippen LogP contribution < -0.4 is 0 Å². The molecule has 0 radical (unpaired) electrons. The molecule has 0 aliphatic carbocycles. The maximum Gasteiger partial charge on any atom is 0.197 e. The van der Waals surface area contributed by atoms with Crippen molar-refractivity contribution in [3.63, 3.8) is 0 Å². The highest BCUT2D eigenvalue weighted by Gasteiger charge is 1.85. The third-order valence-corrected chi connectivity index (χ3v) is 1.20. The van der Waals surface area contributed by atoms with Crippen molar-refractivity contribution >= 4 is 12.2 Å². The summed E-state index contributed by atoms with van der Waals surface area (Å²) in [5.41, 5.74) is 2.03. The smallest absolute Gasteiger partial charge is 0.197 e. The molecule has 1 rings (SSSR count). The van der Waals surface area contributed by atoms with Crippen LogP contribution in [-0.2, 0) is 0 Å². The Labute approximate surface area is 75.4 Å². The average Bonchev–Trinajstić information content (AvgIpc) is 1.59. The first-order chi connectivity index (χ1) is 4.18. The zero-order valence-corrected chi connectivity index (χ0v) is 7.75. The SMILES string of the molecule is Cc1cc(C)[nH]c(=S)n1.O.O.O. The lowest BCUT2D eigenvalue weighted by Crippen LogP contribution is -1.87. The predicted octanol–water partition coefficient (Wildman–Crippen LogP) is -0.718. The molecule has 0 aromatic carbocycles. The Morgan fingerprint density at radius 2 is 1.75 bits per heavy atom. The van der Waals surface area contributed by atoms with E-state index in [1.165, 1.54) is 0 Å². The number of rotatable bonds is 0. The van der Waals surface area contributed by atoms with Gasteiger partial charge in [-0.2, -0.15) is 0 Å². The molecule has 0 aliphatic rings. The van der Waals surface area contributed by atoms with Crippen LogP contribution in [0, 0.1) is 18.6 Å². The molecule has 1 aromatic rings. The molecule has 1 heterocycles. The van der Waals surface area contributed by atoms with Crippen molar-refractivity contribution in [3.8, 4) is 0 Å². The van der Waals surface area contributed by atoms with E-state index in [0.29, 0.717) is 4.77 Å². The van der Waals surface area contributed by atoms with Crippen LogP contribution in [0.5, 0.6) is 0 Å². The summed E-state index contributed by atoms with van der Waals surface area (Å²) in [6.07, 6.45) is 0. The quantitative estimate of drug-likeness (QED) is 0.547. The van der Waals surface area contributed by atoms with E-state index < -0.39 is 0 Å². The third kappa shape index (κ3) is 4.91. The van der Waals surface area contributed by atoms with Gasteiger partial charge in [0.2, 0.25) is 0 Å². The molecule has 0 amide bonds. The van der Waals surface area contributed by atoms with Crippen LogP contribution in [-0.4, -0.2) is 26.4 Å². The molecule has 0 fully saturated rings. The maximum absolute atomic E-state index is 4.82. The third-order valence-electron chi connectivity index (χ3n) is 1.01. The van der Waals surface area contributed by atoms with Gasteiger partial charge in [0.15, 0.2) is 4.77 Å². The van der Waals surface area contributed by atoms with Crippen LogP contribution in [0.3, 0.4) is 0 Å². The fourth-order valence-electron chi connectivity index (χ4n) is 0.738. The van der Waals surface area contributed by atoms with Gasteiger partial charge in [-0.1, -0.05) is 0 Å². The van der Waals surface area contributed by atoms with E-state index in [1.54, 1.807) is 0 Å². The molecular weight excluding hydrogens is 180 g/mol. The van der Waals surface area contributed by atoms with Crippen molar-refractivity contribution in [1.82, 2.24) is 9.97 Å². The summed E-state index contributed by atoms with van der Waals surface area (Å²) < 4.78 is 0.563. The molecule has 0 aliphatic heterocycles. The summed E-state index contributed by atoms with van der Waals surface area (Å²) in [6, 6.07) is 1.95. The van der Waals surface area contributed by atoms with Crippen molar-refractivity contribution in [1.29, 1.82) is 0 Å². The first kappa shape index (κ1) is 17.3. The Bertz CT molecular complexity index is 250. The summed E-state index contributed by atoms with van der Waals surface area (Å²) in [6.45, 7) is 3.89. The van der Waals surface area contributed by atoms with Crippen molar-refractivity contribution < 1.29 is 16.4 Å². The number of aromatic nitrogens is 2. The minimum absolute atomic E-state index is 0. The Balaban J connectivity index is -0.000000270. The number of nitrogens with one attached hydrogen (secondary N) is 1. The molecule has 0 unspecified atom stereocenters. The number of aromatic amines is 1. The molecule has 1 aromatic heterocycles. The lowest BCUT2D eigenvalue weighted by Gasteiger charge is -1.92. The molecule has 0 bridgehead atoms. The highest BCUT2D eigenvalue weighted by atomic mass is 32.1. The second-order valence-electron chi connectivity index (χ2n) is 2.01. The van der Waals surface area contributed by atoms with Gasteiger partial charge in [0.1, 0.15) is 0 Å². The summed E-state index contributed by atoms with van der Waals surface area (Å²) in [5.74, 6) is 0. The monoisotopic (exact) mass is 194 g/mol. The molecule has 0 saturated carbocycles. The molecule has 12 heavy (non-hydrogen) atoms. The summed E-state index contributed by atoms with van der Waals surface area (Å²) in [7, 11) is 0. The van der Waals surface area contributed by atoms with E-state index in [9.17, 15) is 0 Å². The van der Waals surface area contributed by atoms with Crippen LogP contribution in [0.25, 0.3) is 0 Å². The molecular formula is C6H14N2O3S. The van der Waals surface area contributed by atoms with Crippen molar-refractivity contribution in [2.24, 2.45) is 0 Å². The largest absolute Gasteiger partial charge is 0.412 e. The van der Waals surface area contributed by atoms with Gasteiger partial charge in [-0.15, -0.1) is 0 Å². The second kappa shape index (κ2) is 6.86. The van der Waals surface area contributed by atoms with Gasteiger partial charge in [-0.25, -0.2) is 4.98 Å². The van der Waals surface area contributed by atoms with E-state index in [2.05, 4.69) is 9.97 Å². The van der Waals surface area contributed by atoms with E-state index in [1.807, 2.05) is 19.9 Å². The molecule has 5 nitrogen and oxygen atoms in total. The van der Waals surface area contributed by atoms with E-state index >= 15 is 0 Å². The van der Waals surface area contributed by atoms with Gasteiger partial charge >= 0.3 is 0 Å². The Morgan fingerprint density at radius 1 is 1.25 bits per heavy atom. The highest BCUT2D eigenvalue weighted by molar-refractivity contribution is 7.71.